The Morgan fingerprint density at radius 3 is 2.74 bits per heavy atom. The number of aromatic nitrogens is 2. The third-order valence-electron chi connectivity index (χ3n) is 5.16. The number of carbonyl (C=O) groups is 1. The van der Waals surface area contributed by atoms with E-state index in [0.29, 0.717) is 23.4 Å². The van der Waals surface area contributed by atoms with Crippen LogP contribution in [-0.4, -0.2) is 20.9 Å². The van der Waals surface area contributed by atoms with Gasteiger partial charge in [-0.05, 0) is 44.4 Å². The molecule has 2 saturated carbocycles. The molecule has 1 heterocycles. The number of hydrogen-bond acceptors (Lipinski definition) is 2. The van der Waals surface area contributed by atoms with Crippen molar-refractivity contribution in [2.24, 2.45) is 24.3 Å². The number of carboxylic acids is 1. The molecule has 2 bridgehead atoms. The summed E-state index contributed by atoms with van der Waals surface area (Å²) in [6.45, 7) is 1.91. The van der Waals surface area contributed by atoms with E-state index in [4.69, 9.17) is 11.6 Å². The van der Waals surface area contributed by atoms with Gasteiger partial charge in [0, 0.05) is 12.6 Å². The van der Waals surface area contributed by atoms with Crippen LogP contribution in [0.3, 0.4) is 0 Å². The van der Waals surface area contributed by atoms with E-state index in [2.05, 4.69) is 5.10 Å². The zero-order valence-corrected chi connectivity index (χ0v) is 12.1. The SMILES string of the molecule is Cc1nn(C)c(Cl)c1CC1(C(=O)O)CC2CCC1C2. The molecule has 1 N–H and O–H groups in total. The highest BCUT2D eigenvalue weighted by Crippen LogP contribution is 2.57. The van der Waals surface area contributed by atoms with Gasteiger partial charge in [0.15, 0.2) is 0 Å². The smallest absolute Gasteiger partial charge is 0.310 e. The Bertz CT molecular complexity index is 540. The van der Waals surface area contributed by atoms with Crippen LogP contribution >= 0.6 is 11.6 Å². The molecule has 3 atom stereocenters. The topological polar surface area (TPSA) is 55.1 Å². The summed E-state index contributed by atoms with van der Waals surface area (Å²) in [5.74, 6) is 0.251. The summed E-state index contributed by atoms with van der Waals surface area (Å²) in [6.07, 6.45) is 4.65. The fourth-order valence-electron chi connectivity index (χ4n) is 4.19. The number of carboxylic acid groups (broad SMARTS) is 1. The Morgan fingerprint density at radius 1 is 1.58 bits per heavy atom. The molecule has 0 aromatic carbocycles. The summed E-state index contributed by atoms with van der Waals surface area (Å²) >= 11 is 6.27. The fourth-order valence-corrected chi connectivity index (χ4v) is 4.43. The lowest BCUT2D eigenvalue weighted by Gasteiger charge is -2.33. The number of hydrogen-bond donors (Lipinski definition) is 1. The predicted molar refractivity (Wildman–Crippen MR) is 72.2 cm³/mol. The van der Waals surface area contributed by atoms with E-state index in [0.717, 1.165) is 30.5 Å². The minimum atomic E-state index is -0.654. The normalized spacial score (nSPS) is 33.0. The number of fused-ring (bicyclic) bond motifs is 2. The van der Waals surface area contributed by atoms with Crippen LogP contribution in [0.15, 0.2) is 0 Å². The summed E-state index contributed by atoms with van der Waals surface area (Å²) in [7, 11) is 1.80. The van der Waals surface area contributed by atoms with E-state index in [9.17, 15) is 9.90 Å². The maximum Gasteiger partial charge on any atom is 0.310 e. The van der Waals surface area contributed by atoms with E-state index in [-0.39, 0.29) is 0 Å². The van der Waals surface area contributed by atoms with Crippen molar-refractivity contribution in [2.45, 2.75) is 39.0 Å². The minimum Gasteiger partial charge on any atom is -0.481 e. The molecule has 0 radical (unpaired) electrons. The Balaban J connectivity index is 1.97. The van der Waals surface area contributed by atoms with Crippen LogP contribution in [0.5, 0.6) is 0 Å². The van der Waals surface area contributed by atoms with Gasteiger partial charge in [-0.2, -0.15) is 5.10 Å². The summed E-state index contributed by atoms with van der Waals surface area (Å²) in [6, 6.07) is 0. The first-order valence-electron chi connectivity index (χ1n) is 6.85. The second-order valence-corrected chi connectivity index (χ2v) is 6.55. The van der Waals surface area contributed by atoms with E-state index in [1.54, 1.807) is 11.7 Å². The van der Waals surface area contributed by atoms with Gasteiger partial charge in [0.05, 0.1) is 11.1 Å². The Morgan fingerprint density at radius 2 is 2.32 bits per heavy atom. The molecule has 1 aromatic heterocycles. The average Bonchev–Trinajstić information content (AvgIpc) is 3.00. The number of halogens is 1. The van der Waals surface area contributed by atoms with Gasteiger partial charge >= 0.3 is 5.97 Å². The van der Waals surface area contributed by atoms with Crippen LogP contribution in [0.1, 0.15) is 36.9 Å². The molecule has 0 spiro atoms. The van der Waals surface area contributed by atoms with Gasteiger partial charge in [-0.25, -0.2) is 0 Å². The highest BCUT2D eigenvalue weighted by molar-refractivity contribution is 6.30. The Kier molecular flexibility index (Phi) is 2.89. The molecular weight excluding hydrogens is 264 g/mol. The number of nitrogens with zero attached hydrogens (tertiary/aromatic N) is 2. The Hall–Kier alpha value is -1.03. The van der Waals surface area contributed by atoms with Crippen molar-refractivity contribution in [1.29, 1.82) is 0 Å². The van der Waals surface area contributed by atoms with Gasteiger partial charge in [0.1, 0.15) is 5.15 Å². The molecular formula is C14H19ClN2O2. The number of aryl methyl sites for hydroxylation is 2. The molecule has 3 unspecified atom stereocenters. The average molecular weight is 283 g/mol. The van der Waals surface area contributed by atoms with Gasteiger partial charge in [0.25, 0.3) is 0 Å². The van der Waals surface area contributed by atoms with E-state index in [1.165, 1.54) is 6.42 Å². The molecule has 4 nitrogen and oxygen atoms in total. The van der Waals surface area contributed by atoms with Gasteiger partial charge < -0.3 is 5.11 Å². The fraction of sp³-hybridized carbons (Fsp3) is 0.714. The lowest BCUT2D eigenvalue weighted by Crippen LogP contribution is -2.38. The van der Waals surface area contributed by atoms with Crippen molar-refractivity contribution < 1.29 is 9.90 Å². The van der Waals surface area contributed by atoms with Crippen LogP contribution < -0.4 is 0 Å². The van der Waals surface area contributed by atoms with E-state index in [1.807, 2.05) is 6.92 Å². The van der Waals surface area contributed by atoms with E-state index >= 15 is 0 Å². The third kappa shape index (κ3) is 1.80. The van der Waals surface area contributed by atoms with Crippen LogP contribution in [-0.2, 0) is 18.3 Å². The van der Waals surface area contributed by atoms with Gasteiger partial charge in [-0.1, -0.05) is 18.0 Å². The maximum absolute atomic E-state index is 11.9. The van der Waals surface area contributed by atoms with Crippen molar-refractivity contribution >= 4 is 17.6 Å². The molecule has 19 heavy (non-hydrogen) atoms. The molecule has 0 aliphatic heterocycles. The van der Waals surface area contributed by atoms with E-state index < -0.39 is 11.4 Å². The zero-order chi connectivity index (χ0) is 13.8. The predicted octanol–water partition coefficient (Wildman–Crippen LogP) is 2.82. The summed E-state index contributed by atoms with van der Waals surface area (Å²) in [5, 5.41) is 14.6. The van der Waals surface area contributed by atoms with Crippen molar-refractivity contribution in [3.05, 3.63) is 16.4 Å². The highest BCUT2D eigenvalue weighted by Gasteiger charge is 2.56. The molecule has 0 amide bonds. The monoisotopic (exact) mass is 282 g/mol. The Labute approximate surface area is 117 Å². The molecule has 0 saturated heterocycles. The third-order valence-corrected chi connectivity index (χ3v) is 5.64. The van der Waals surface area contributed by atoms with Crippen molar-refractivity contribution in [3.8, 4) is 0 Å². The first-order valence-corrected chi connectivity index (χ1v) is 7.23. The minimum absolute atomic E-state index is 0.311. The number of rotatable bonds is 3. The van der Waals surface area contributed by atoms with Crippen LogP contribution in [0.4, 0.5) is 0 Å². The molecule has 104 valence electrons. The van der Waals surface area contributed by atoms with Crippen LogP contribution in [0, 0.1) is 24.2 Å². The zero-order valence-electron chi connectivity index (χ0n) is 11.3. The maximum atomic E-state index is 11.9. The molecule has 2 fully saturated rings. The summed E-state index contributed by atoms with van der Waals surface area (Å²) in [4.78, 5) is 11.9. The molecule has 1 aromatic rings. The van der Waals surface area contributed by atoms with Crippen molar-refractivity contribution in [2.75, 3.05) is 0 Å². The van der Waals surface area contributed by atoms with Crippen LogP contribution in [0.25, 0.3) is 0 Å². The molecule has 5 heteroatoms. The first-order chi connectivity index (χ1) is 8.94. The second kappa shape index (κ2) is 4.23. The largest absolute Gasteiger partial charge is 0.481 e. The van der Waals surface area contributed by atoms with Crippen molar-refractivity contribution in [1.82, 2.24) is 9.78 Å². The van der Waals surface area contributed by atoms with Crippen molar-refractivity contribution in [3.63, 3.8) is 0 Å². The summed E-state index contributed by atoms with van der Waals surface area (Å²) in [5.41, 5.74) is 1.16. The summed E-state index contributed by atoms with van der Waals surface area (Å²) < 4.78 is 1.63. The lowest BCUT2D eigenvalue weighted by molar-refractivity contribution is -0.152. The van der Waals surface area contributed by atoms with Crippen LogP contribution in [0.2, 0.25) is 5.15 Å². The second-order valence-electron chi connectivity index (χ2n) is 6.20. The lowest BCUT2D eigenvalue weighted by atomic mass is 9.69. The highest BCUT2D eigenvalue weighted by atomic mass is 35.5. The van der Waals surface area contributed by atoms with Gasteiger partial charge in [-0.15, -0.1) is 0 Å². The number of aliphatic carboxylic acids is 1. The first kappa shape index (κ1) is 13.0. The molecule has 3 rings (SSSR count). The van der Waals surface area contributed by atoms with Gasteiger partial charge in [-0.3, -0.25) is 9.48 Å². The molecule has 2 aliphatic carbocycles. The standard InChI is InChI=1S/C14H19ClN2O2/c1-8-11(12(15)17(2)16-8)7-14(13(18)19)6-9-3-4-10(14)5-9/h9-10H,3-7H2,1-2H3,(H,18,19). The van der Waals surface area contributed by atoms with Gasteiger partial charge in [0.2, 0.25) is 0 Å². The molecule has 2 aliphatic rings. The quantitative estimate of drug-likeness (QED) is 0.927.